The molecule has 0 unspecified atom stereocenters. The Kier molecular flexibility index (Phi) is 5.10. The lowest BCUT2D eigenvalue weighted by atomic mass is 10.1. The van der Waals surface area contributed by atoms with Crippen molar-refractivity contribution < 1.29 is 14.5 Å². The summed E-state index contributed by atoms with van der Waals surface area (Å²) in [6.07, 6.45) is 1.55. The number of anilines is 1. The third-order valence-corrected chi connectivity index (χ3v) is 3.33. The number of aromatic hydroxyl groups is 1. The number of nitrogen functional groups attached to an aromatic ring is 1. The van der Waals surface area contributed by atoms with Gasteiger partial charge in [-0.1, -0.05) is 0 Å². The van der Waals surface area contributed by atoms with Gasteiger partial charge < -0.3 is 16.2 Å². The molecule has 4 N–H and O–H groups in total. The first kappa shape index (κ1) is 16.0. The molecule has 22 heavy (non-hydrogen) atoms. The maximum absolute atomic E-state index is 11.7. The molecule has 1 amide bonds. The van der Waals surface area contributed by atoms with Crippen LogP contribution < -0.4 is 11.1 Å². The average molecular weight is 368 g/mol. The van der Waals surface area contributed by atoms with Crippen LogP contribution in [0.25, 0.3) is 0 Å². The zero-order chi connectivity index (χ0) is 16.1. The lowest BCUT2D eigenvalue weighted by Crippen LogP contribution is -2.27. The predicted octanol–water partition coefficient (Wildman–Crippen LogP) is 1.28. The second-order valence-corrected chi connectivity index (χ2v) is 5.33. The maximum atomic E-state index is 11.7. The van der Waals surface area contributed by atoms with E-state index in [-0.39, 0.29) is 23.8 Å². The van der Waals surface area contributed by atoms with E-state index in [1.54, 1.807) is 6.21 Å². The monoisotopic (exact) mass is 367 g/mol. The maximum Gasteiger partial charge on any atom is 0.277 e. The Morgan fingerprint density at radius 2 is 2.32 bits per heavy atom. The van der Waals surface area contributed by atoms with E-state index in [1.807, 2.05) is 19.1 Å². The summed E-state index contributed by atoms with van der Waals surface area (Å²) in [4.78, 5) is 15.8. The normalized spacial score (nSPS) is 11.0. The molecule has 0 radical (unpaired) electrons. The van der Waals surface area contributed by atoms with E-state index in [0.29, 0.717) is 16.6 Å². The first-order valence-corrected chi connectivity index (χ1v) is 7.13. The third kappa shape index (κ3) is 3.82. The van der Waals surface area contributed by atoms with Crippen LogP contribution in [0.3, 0.4) is 0 Å². The van der Waals surface area contributed by atoms with Gasteiger partial charge in [-0.25, -0.2) is 4.63 Å². The number of nitrogens with zero attached hydrogens (tertiary/aromatic N) is 3. The summed E-state index contributed by atoms with van der Waals surface area (Å²) in [5.74, 6) is -0.412. The lowest BCUT2D eigenvalue weighted by Gasteiger charge is -2.04. The van der Waals surface area contributed by atoms with Crippen molar-refractivity contribution in [3.63, 3.8) is 0 Å². The van der Waals surface area contributed by atoms with Gasteiger partial charge in [0.25, 0.3) is 5.91 Å². The van der Waals surface area contributed by atoms with Gasteiger partial charge in [-0.05, 0) is 50.9 Å². The van der Waals surface area contributed by atoms with Gasteiger partial charge in [0.2, 0.25) is 11.5 Å². The predicted molar refractivity (Wildman–Crippen MR) is 84.0 cm³/mol. The SMILES string of the molecule is Cc1cc(Br)c(O)c(C=NCCNC(=O)c2nonc2N)c1. The topological polar surface area (TPSA) is 127 Å². The number of hydrogen-bond acceptors (Lipinski definition) is 7. The molecule has 0 bridgehead atoms. The molecule has 0 aliphatic rings. The van der Waals surface area contributed by atoms with E-state index in [2.05, 4.69) is 41.2 Å². The number of aryl methyl sites for hydroxylation is 1. The smallest absolute Gasteiger partial charge is 0.277 e. The summed E-state index contributed by atoms with van der Waals surface area (Å²) >= 11 is 3.27. The van der Waals surface area contributed by atoms with Crippen molar-refractivity contribution in [1.29, 1.82) is 0 Å². The van der Waals surface area contributed by atoms with E-state index in [0.717, 1.165) is 5.56 Å². The number of phenolic OH excluding ortho intramolecular Hbond substituents is 1. The summed E-state index contributed by atoms with van der Waals surface area (Å²) in [7, 11) is 0. The molecule has 1 heterocycles. The summed E-state index contributed by atoms with van der Waals surface area (Å²) in [6, 6.07) is 3.62. The molecular weight excluding hydrogens is 354 g/mol. The van der Waals surface area contributed by atoms with Crippen LogP contribution in [0.4, 0.5) is 5.82 Å². The van der Waals surface area contributed by atoms with Crippen molar-refractivity contribution in [2.75, 3.05) is 18.8 Å². The van der Waals surface area contributed by atoms with Crippen molar-refractivity contribution in [1.82, 2.24) is 15.6 Å². The number of amides is 1. The van der Waals surface area contributed by atoms with Crippen LogP contribution >= 0.6 is 15.9 Å². The minimum absolute atomic E-state index is 0.0516. The summed E-state index contributed by atoms with van der Waals surface area (Å²) in [5, 5.41) is 19.2. The Morgan fingerprint density at radius 1 is 1.55 bits per heavy atom. The van der Waals surface area contributed by atoms with E-state index in [4.69, 9.17) is 5.73 Å². The Labute approximate surface area is 134 Å². The molecule has 1 aromatic carbocycles. The number of aromatic nitrogens is 2. The molecule has 0 aliphatic carbocycles. The molecule has 2 aromatic rings. The van der Waals surface area contributed by atoms with Crippen LogP contribution in [0, 0.1) is 6.92 Å². The standard InChI is InChI=1S/C13H14BrN5O3/c1-7-4-8(11(20)9(14)5-7)6-16-2-3-17-13(21)10-12(15)19-22-18-10/h4-6,20H,2-3H2,1H3,(H2,15,19)(H,17,21). The number of hydrogen-bond donors (Lipinski definition) is 3. The number of carbonyl (C=O) groups excluding carboxylic acids is 1. The molecule has 0 fully saturated rings. The van der Waals surface area contributed by atoms with Crippen LogP contribution in [0.1, 0.15) is 21.6 Å². The van der Waals surface area contributed by atoms with Gasteiger partial charge in [0, 0.05) is 18.3 Å². The Morgan fingerprint density at radius 3 is 3.00 bits per heavy atom. The zero-order valence-electron chi connectivity index (χ0n) is 11.7. The number of benzene rings is 1. The number of rotatable bonds is 5. The van der Waals surface area contributed by atoms with Gasteiger partial charge in [0.15, 0.2) is 0 Å². The highest BCUT2D eigenvalue weighted by Crippen LogP contribution is 2.28. The van der Waals surface area contributed by atoms with Gasteiger partial charge in [-0.2, -0.15) is 0 Å². The second-order valence-electron chi connectivity index (χ2n) is 4.47. The Balaban J connectivity index is 1.87. The molecule has 1 aromatic heterocycles. The number of carbonyl (C=O) groups is 1. The van der Waals surface area contributed by atoms with E-state index in [9.17, 15) is 9.90 Å². The highest BCUT2D eigenvalue weighted by Gasteiger charge is 2.14. The quantitative estimate of drug-likeness (QED) is 0.539. The third-order valence-electron chi connectivity index (χ3n) is 2.72. The molecule has 0 saturated heterocycles. The molecule has 0 saturated carbocycles. The Bertz CT molecular complexity index is 714. The van der Waals surface area contributed by atoms with Gasteiger partial charge in [-0.15, -0.1) is 0 Å². The van der Waals surface area contributed by atoms with Crippen LogP contribution in [-0.4, -0.2) is 40.6 Å². The first-order chi connectivity index (χ1) is 10.5. The van der Waals surface area contributed by atoms with E-state index >= 15 is 0 Å². The number of phenols is 1. The number of nitrogens with two attached hydrogens (primary N) is 1. The lowest BCUT2D eigenvalue weighted by molar-refractivity contribution is 0.0945. The summed E-state index contributed by atoms with van der Waals surface area (Å²) < 4.78 is 4.95. The van der Waals surface area contributed by atoms with Gasteiger partial charge in [0.05, 0.1) is 11.0 Å². The van der Waals surface area contributed by atoms with Gasteiger partial charge in [0.1, 0.15) is 5.75 Å². The van der Waals surface area contributed by atoms with Crippen LogP contribution in [-0.2, 0) is 0 Å². The van der Waals surface area contributed by atoms with E-state index < -0.39 is 5.91 Å². The molecule has 0 aliphatic heterocycles. The van der Waals surface area contributed by atoms with Crippen LogP contribution in [0.5, 0.6) is 5.75 Å². The summed E-state index contributed by atoms with van der Waals surface area (Å²) in [5.41, 5.74) is 6.95. The zero-order valence-corrected chi connectivity index (χ0v) is 13.3. The molecule has 9 heteroatoms. The van der Waals surface area contributed by atoms with Crippen molar-refractivity contribution in [3.8, 4) is 5.75 Å². The highest BCUT2D eigenvalue weighted by atomic mass is 79.9. The molecule has 2 rings (SSSR count). The molecule has 0 atom stereocenters. The molecule has 0 spiro atoms. The van der Waals surface area contributed by atoms with Crippen LogP contribution in [0.15, 0.2) is 26.2 Å². The molecule has 8 nitrogen and oxygen atoms in total. The largest absolute Gasteiger partial charge is 0.506 e. The fraction of sp³-hybridized carbons (Fsp3) is 0.231. The minimum atomic E-state index is -0.477. The van der Waals surface area contributed by atoms with Crippen LogP contribution in [0.2, 0.25) is 0 Å². The van der Waals surface area contributed by atoms with Crippen molar-refractivity contribution in [3.05, 3.63) is 33.4 Å². The highest BCUT2D eigenvalue weighted by molar-refractivity contribution is 9.10. The first-order valence-electron chi connectivity index (χ1n) is 6.34. The van der Waals surface area contributed by atoms with Crippen molar-refractivity contribution >= 4 is 33.9 Å². The number of halogens is 1. The van der Waals surface area contributed by atoms with Gasteiger partial charge in [-0.3, -0.25) is 9.79 Å². The van der Waals surface area contributed by atoms with E-state index in [1.165, 1.54) is 0 Å². The summed E-state index contributed by atoms with van der Waals surface area (Å²) in [6.45, 7) is 2.54. The average Bonchev–Trinajstić information content (AvgIpc) is 2.89. The van der Waals surface area contributed by atoms with Crippen molar-refractivity contribution in [2.24, 2.45) is 4.99 Å². The molecular formula is C13H14BrN5O3. The van der Waals surface area contributed by atoms with Gasteiger partial charge >= 0.3 is 0 Å². The fourth-order valence-corrected chi connectivity index (χ4v) is 2.28. The number of aliphatic imine (C=N–C) groups is 1. The minimum Gasteiger partial charge on any atom is -0.506 e. The van der Waals surface area contributed by atoms with Crippen molar-refractivity contribution in [2.45, 2.75) is 6.92 Å². The fourth-order valence-electron chi connectivity index (χ4n) is 1.69. The Hall–Kier alpha value is -2.42. The molecule has 116 valence electrons. The second kappa shape index (κ2) is 7.03. The number of nitrogens with one attached hydrogen (secondary N) is 1.